The highest BCUT2D eigenvalue weighted by Gasteiger charge is 2.25. The van der Waals surface area contributed by atoms with Crippen molar-refractivity contribution in [1.82, 2.24) is 0 Å². The Labute approximate surface area is 324 Å². The van der Waals surface area contributed by atoms with Crippen molar-refractivity contribution in [2.75, 3.05) is 4.90 Å². The van der Waals surface area contributed by atoms with Gasteiger partial charge in [-0.1, -0.05) is 140 Å². The fourth-order valence-corrected chi connectivity index (χ4v) is 10.1. The van der Waals surface area contributed by atoms with E-state index in [0.717, 1.165) is 30.4 Å². The van der Waals surface area contributed by atoms with Crippen LogP contribution < -0.4 is 4.90 Å². The van der Waals surface area contributed by atoms with Crippen molar-refractivity contribution in [3.05, 3.63) is 199 Å². The molecule has 0 fully saturated rings. The number of thiophene rings is 1. The van der Waals surface area contributed by atoms with Crippen molar-refractivity contribution in [3.63, 3.8) is 0 Å². The Morgan fingerprint density at radius 3 is 2.25 bits per heavy atom. The Morgan fingerprint density at radius 1 is 0.582 bits per heavy atom. The summed E-state index contributed by atoms with van der Waals surface area (Å²) < 4.78 is 8.88. The number of anilines is 1. The van der Waals surface area contributed by atoms with Crippen LogP contribution in [0.3, 0.4) is 0 Å². The lowest BCUT2D eigenvalue weighted by Gasteiger charge is -2.36. The second kappa shape index (κ2) is 13.2. The monoisotopic (exact) mass is 723 g/mol. The third-order valence-corrected chi connectivity index (χ3v) is 12.7. The van der Waals surface area contributed by atoms with Gasteiger partial charge in [-0.05, 0) is 106 Å². The Kier molecular flexibility index (Phi) is 7.67. The predicted molar refractivity (Wildman–Crippen MR) is 236 cm³/mol. The summed E-state index contributed by atoms with van der Waals surface area (Å²) in [5, 5.41) is 7.47. The Morgan fingerprint density at radius 2 is 1.38 bits per heavy atom. The molecule has 3 heteroatoms. The zero-order chi connectivity index (χ0) is 36.3. The van der Waals surface area contributed by atoms with Crippen LogP contribution in [0.5, 0.6) is 0 Å². The van der Waals surface area contributed by atoms with E-state index in [1.165, 1.54) is 86.5 Å². The van der Waals surface area contributed by atoms with E-state index in [4.69, 9.17) is 4.42 Å². The number of nitrogens with zero attached hydrogens (tertiary/aromatic N) is 1. The second-order valence-corrected chi connectivity index (χ2v) is 15.8. The first-order valence-corrected chi connectivity index (χ1v) is 20.0. The Balaban J connectivity index is 0.981. The standard InChI is InChI=1S/C52H37NOS/c1-2-10-34(11-3-1)35-20-26-40(27-21-35)53(42-13-8-12-38(33-42)44-16-9-17-46-45-14-5-7-19-50(45)55-52(44)46)41-28-22-36(23-29-41)37-24-30-43-39(32-37)25-31-49-51(43)47-15-4-6-18-48(47)54-49/h1-12,14-20,22-26,28-33,42H,13,21,27H2. The fourth-order valence-electron chi connectivity index (χ4n) is 8.84. The van der Waals surface area contributed by atoms with Crippen molar-refractivity contribution >= 4 is 81.1 Å². The molecule has 0 aliphatic heterocycles. The van der Waals surface area contributed by atoms with Gasteiger partial charge in [0.05, 0.1) is 6.04 Å². The summed E-state index contributed by atoms with van der Waals surface area (Å²) in [6.45, 7) is 0. The number of benzene rings is 7. The Hall–Kier alpha value is -6.42. The smallest absolute Gasteiger partial charge is 0.136 e. The van der Waals surface area contributed by atoms with Crippen LogP contribution in [0, 0.1) is 0 Å². The largest absolute Gasteiger partial charge is 0.456 e. The minimum atomic E-state index is 0.182. The van der Waals surface area contributed by atoms with E-state index in [1.54, 1.807) is 0 Å². The molecule has 0 saturated heterocycles. The molecule has 0 saturated carbocycles. The van der Waals surface area contributed by atoms with E-state index in [0.29, 0.717) is 0 Å². The highest BCUT2D eigenvalue weighted by molar-refractivity contribution is 7.26. The van der Waals surface area contributed by atoms with Crippen molar-refractivity contribution < 1.29 is 4.42 Å². The predicted octanol–water partition coefficient (Wildman–Crippen LogP) is 14.8. The van der Waals surface area contributed by atoms with Gasteiger partial charge in [-0.15, -0.1) is 11.3 Å². The van der Waals surface area contributed by atoms with Crippen LogP contribution in [0.4, 0.5) is 5.69 Å². The van der Waals surface area contributed by atoms with E-state index < -0.39 is 0 Å². The van der Waals surface area contributed by atoms with E-state index in [1.807, 2.05) is 23.5 Å². The van der Waals surface area contributed by atoms with Crippen LogP contribution in [0.15, 0.2) is 192 Å². The van der Waals surface area contributed by atoms with Gasteiger partial charge in [0.15, 0.2) is 0 Å². The third-order valence-electron chi connectivity index (χ3n) is 11.5. The summed E-state index contributed by atoms with van der Waals surface area (Å²) in [6.07, 6.45) is 14.9. The summed E-state index contributed by atoms with van der Waals surface area (Å²) in [5.41, 5.74) is 12.2. The third kappa shape index (κ3) is 5.54. The van der Waals surface area contributed by atoms with Crippen LogP contribution >= 0.6 is 11.3 Å². The normalized spacial score (nSPS) is 15.9. The first-order chi connectivity index (χ1) is 27.2. The molecular weight excluding hydrogens is 687 g/mol. The van der Waals surface area contributed by atoms with Gasteiger partial charge >= 0.3 is 0 Å². The SMILES string of the molecule is C1=CC(c2cccc3c2sc2ccccc23)=CC(N(C2=CC=C(c3ccccc3)CC2)c2ccc(-c3ccc4c(ccc5oc6ccccc6c54)c3)cc2)C1. The van der Waals surface area contributed by atoms with Crippen molar-refractivity contribution in [2.24, 2.45) is 0 Å². The van der Waals surface area contributed by atoms with Crippen LogP contribution in [-0.2, 0) is 0 Å². The maximum Gasteiger partial charge on any atom is 0.136 e. The van der Waals surface area contributed by atoms with Gasteiger partial charge in [0.25, 0.3) is 0 Å². The van der Waals surface area contributed by atoms with Gasteiger partial charge in [0.2, 0.25) is 0 Å². The molecule has 2 heterocycles. The quantitative estimate of drug-likeness (QED) is 0.170. The number of furan rings is 1. The van der Waals surface area contributed by atoms with Gasteiger partial charge in [0, 0.05) is 42.3 Å². The number of hydrogen-bond acceptors (Lipinski definition) is 3. The average molecular weight is 724 g/mol. The molecule has 2 aromatic heterocycles. The summed E-state index contributed by atoms with van der Waals surface area (Å²) in [6, 6.07) is 55.3. The molecular formula is C52H37NOS. The molecule has 262 valence electrons. The van der Waals surface area contributed by atoms with Crippen LogP contribution in [-0.4, -0.2) is 6.04 Å². The van der Waals surface area contributed by atoms with Crippen molar-refractivity contribution in [2.45, 2.75) is 25.3 Å². The zero-order valence-corrected chi connectivity index (χ0v) is 31.1. The number of para-hydroxylation sites is 1. The van der Waals surface area contributed by atoms with E-state index in [2.05, 4.69) is 175 Å². The minimum Gasteiger partial charge on any atom is -0.456 e. The van der Waals surface area contributed by atoms with E-state index >= 15 is 0 Å². The topological polar surface area (TPSA) is 16.4 Å². The molecule has 11 rings (SSSR count). The molecule has 1 atom stereocenters. The van der Waals surface area contributed by atoms with Crippen LogP contribution in [0.2, 0.25) is 0 Å². The molecule has 0 radical (unpaired) electrons. The van der Waals surface area contributed by atoms with Gasteiger partial charge in [-0.2, -0.15) is 0 Å². The lowest BCUT2D eigenvalue weighted by molar-refractivity contribution is 0.669. The molecule has 2 nitrogen and oxygen atoms in total. The molecule has 7 aromatic carbocycles. The van der Waals surface area contributed by atoms with Gasteiger partial charge in [-0.3, -0.25) is 0 Å². The van der Waals surface area contributed by atoms with Crippen molar-refractivity contribution in [3.8, 4) is 11.1 Å². The highest BCUT2D eigenvalue weighted by atomic mass is 32.1. The molecule has 0 bridgehead atoms. The maximum absolute atomic E-state index is 6.18. The number of allylic oxidation sites excluding steroid dienone is 6. The molecule has 9 aromatic rings. The lowest BCUT2D eigenvalue weighted by Crippen LogP contribution is -2.34. The first-order valence-electron chi connectivity index (χ1n) is 19.2. The maximum atomic E-state index is 6.18. The van der Waals surface area contributed by atoms with Crippen LogP contribution in [0.25, 0.3) is 75.2 Å². The average Bonchev–Trinajstić information content (AvgIpc) is 3.84. The number of fused-ring (bicyclic) bond motifs is 8. The zero-order valence-electron chi connectivity index (χ0n) is 30.3. The summed E-state index contributed by atoms with van der Waals surface area (Å²) >= 11 is 1.90. The second-order valence-electron chi connectivity index (χ2n) is 14.7. The number of hydrogen-bond donors (Lipinski definition) is 0. The first kappa shape index (κ1) is 32.0. The molecule has 2 aliphatic carbocycles. The summed E-state index contributed by atoms with van der Waals surface area (Å²) in [5.74, 6) is 0. The fraction of sp³-hybridized carbons (Fsp3) is 0.0769. The van der Waals surface area contributed by atoms with Gasteiger partial charge in [0.1, 0.15) is 11.2 Å². The van der Waals surface area contributed by atoms with E-state index in [-0.39, 0.29) is 6.04 Å². The number of rotatable bonds is 6. The lowest BCUT2D eigenvalue weighted by atomic mass is 9.91. The molecule has 0 N–H and O–H groups in total. The molecule has 0 amide bonds. The minimum absolute atomic E-state index is 0.182. The molecule has 1 unspecified atom stereocenters. The summed E-state index contributed by atoms with van der Waals surface area (Å²) in [7, 11) is 0. The van der Waals surface area contributed by atoms with Crippen LogP contribution in [0.1, 0.15) is 30.4 Å². The van der Waals surface area contributed by atoms with E-state index in [9.17, 15) is 0 Å². The Bertz CT molecular complexity index is 3060. The van der Waals surface area contributed by atoms with Gasteiger partial charge < -0.3 is 9.32 Å². The van der Waals surface area contributed by atoms with Gasteiger partial charge in [-0.25, -0.2) is 0 Å². The highest BCUT2D eigenvalue weighted by Crippen LogP contribution is 2.42. The molecule has 55 heavy (non-hydrogen) atoms. The molecule has 2 aliphatic rings. The summed E-state index contributed by atoms with van der Waals surface area (Å²) in [4.78, 5) is 2.59. The van der Waals surface area contributed by atoms with Crippen molar-refractivity contribution in [1.29, 1.82) is 0 Å². The molecule has 0 spiro atoms.